The quantitative estimate of drug-likeness (QED) is 0.633. The molecule has 3 nitrogen and oxygen atoms in total. The minimum Gasteiger partial charge on any atom is -0.347 e. The van der Waals surface area contributed by atoms with Crippen molar-refractivity contribution in [2.24, 2.45) is 0 Å². The number of amides is 1. The number of unbranched alkanes of at least 4 members (excludes halogenated alkanes) is 2. The first-order valence-corrected chi connectivity index (χ1v) is 5.01. The fourth-order valence-corrected chi connectivity index (χ4v) is 1.30. The highest BCUT2D eigenvalue weighted by Gasteiger charge is 2.16. The van der Waals surface area contributed by atoms with Gasteiger partial charge in [-0.15, -0.1) is 0 Å². The molecule has 0 unspecified atom stereocenters. The minimum atomic E-state index is 0.00144. The summed E-state index contributed by atoms with van der Waals surface area (Å²) in [6, 6.07) is 0.00144. The van der Waals surface area contributed by atoms with Crippen molar-refractivity contribution in [3.05, 3.63) is 0 Å². The van der Waals surface area contributed by atoms with Crippen LogP contribution in [0.1, 0.15) is 32.6 Å². The van der Waals surface area contributed by atoms with Gasteiger partial charge in [-0.3, -0.25) is 4.79 Å². The second-order valence-electron chi connectivity index (χ2n) is 3.57. The Labute approximate surface area is 81.5 Å². The number of rotatable bonds is 6. The van der Waals surface area contributed by atoms with E-state index in [1.165, 1.54) is 12.8 Å². The van der Waals surface area contributed by atoms with E-state index in [1.807, 2.05) is 7.05 Å². The van der Waals surface area contributed by atoms with Gasteiger partial charge in [0.1, 0.15) is 0 Å². The standard InChI is InChI=1S/C10H22N2O/c1-5-6-7-8-9(11-2)10(13)12(3)4/h9,11H,5-8H2,1-4H3/t9-/m1/s1. The van der Waals surface area contributed by atoms with E-state index in [0.29, 0.717) is 0 Å². The van der Waals surface area contributed by atoms with Gasteiger partial charge < -0.3 is 10.2 Å². The molecule has 1 N–H and O–H groups in total. The maximum Gasteiger partial charge on any atom is 0.239 e. The third-order valence-corrected chi connectivity index (χ3v) is 2.18. The Morgan fingerprint density at radius 2 is 2.00 bits per heavy atom. The van der Waals surface area contributed by atoms with E-state index >= 15 is 0 Å². The zero-order valence-corrected chi connectivity index (χ0v) is 9.26. The number of hydrogen-bond acceptors (Lipinski definition) is 2. The van der Waals surface area contributed by atoms with E-state index in [2.05, 4.69) is 12.2 Å². The summed E-state index contributed by atoms with van der Waals surface area (Å²) in [4.78, 5) is 13.2. The molecule has 0 spiro atoms. The van der Waals surface area contributed by atoms with E-state index in [1.54, 1.807) is 19.0 Å². The van der Waals surface area contributed by atoms with Crippen molar-refractivity contribution < 1.29 is 4.79 Å². The van der Waals surface area contributed by atoms with Crippen molar-refractivity contribution in [1.29, 1.82) is 0 Å². The van der Waals surface area contributed by atoms with Crippen LogP contribution in [-0.2, 0) is 4.79 Å². The molecule has 0 saturated heterocycles. The summed E-state index contributed by atoms with van der Waals surface area (Å²) in [5, 5.41) is 3.05. The SMILES string of the molecule is CCCCC[C@@H](NC)C(=O)N(C)C. The molecule has 0 aromatic rings. The molecule has 0 fully saturated rings. The molecule has 0 aromatic carbocycles. The van der Waals surface area contributed by atoms with Gasteiger partial charge in [0.2, 0.25) is 5.91 Å². The molecule has 0 radical (unpaired) electrons. The Balaban J connectivity index is 3.81. The largest absolute Gasteiger partial charge is 0.347 e. The van der Waals surface area contributed by atoms with Gasteiger partial charge in [0.25, 0.3) is 0 Å². The lowest BCUT2D eigenvalue weighted by Gasteiger charge is -2.19. The second kappa shape index (κ2) is 6.89. The van der Waals surface area contributed by atoms with E-state index in [9.17, 15) is 4.79 Å². The highest BCUT2D eigenvalue weighted by atomic mass is 16.2. The van der Waals surface area contributed by atoms with Crippen molar-refractivity contribution in [3.8, 4) is 0 Å². The normalized spacial score (nSPS) is 12.6. The van der Waals surface area contributed by atoms with E-state index < -0.39 is 0 Å². The molecule has 0 saturated carbocycles. The van der Waals surface area contributed by atoms with Crippen LogP contribution in [0.4, 0.5) is 0 Å². The van der Waals surface area contributed by atoms with Gasteiger partial charge in [0.15, 0.2) is 0 Å². The Hall–Kier alpha value is -0.570. The van der Waals surface area contributed by atoms with Crippen molar-refractivity contribution in [1.82, 2.24) is 10.2 Å². The Bertz CT molecular complexity index is 146. The second-order valence-corrected chi connectivity index (χ2v) is 3.57. The fraction of sp³-hybridized carbons (Fsp3) is 0.900. The minimum absolute atomic E-state index is 0.00144. The first-order valence-electron chi connectivity index (χ1n) is 5.01. The zero-order valence-electron chi connectivity index (χ0n) is 9.26. The number of nitrogens with one attached hydrogen (secondary N) is 1. The number of nitrogens with zero attached hydrogens (tertiary/aromatic N) is 1. The summed E-state index contributed by atoms with van der Waals surface area (Å²) in [5.41, 5.74) is 0. The van der Waals surface area contributed by atoms with Crippen LogP contribution in [0.15, 0.2) is 0 Å². The first kappa shape index (κ1) is 12.4. The zero-order chi connectivity index (χ0) is 10.3. The molecule has 0 aliphatic heterocycles. The number of carbonyl (C=O) groups excluding carboxylic acids is 1. The summed E-state index contributed by atoms with van der Waals surface area (Å²) in [6.45, 7) is 2.17. The van der Waals surface area contributed by atoms with E-state index in [4.69, 9.17) is 0 Å². The van der Waals surface area contributed by atoms with Crippen molar-refractivity contribution in [3.63, 3.8) is 0 Å². The highest BCUT2D eigenvalue weighted by Crippen LogP contribution is 2.04. The number of hydrogen-bond donors (Lipinski definition) is 1. The number of carbonyl (C=O) groups is 1. The van der Waals surface area contributed by atoms with Gasteiger partial charge in [-0.2, -0.15) is 0 Å². The van der Waals surface area contributed by atoms with Gasteiger partial charge in [-0.05, 0) is 13.5 Å². The molecule has 0 aromatic heterocycles. The van der Waals surface area contributed by atoms with E-state index in [0.717, 1.165) is 12.8 Å². The number of likely N-dealkylation sites (N-methyl/N-ethyl adjacent to an activating group) is 2. The molecular formula is C10H22N2O. The highest BCUT2D eigenvalue weighted by molar-refractivity contribution is 5.81. The van der Waals surface area contributed by atoms with Crippen LogP contribution in [-0.4, -0.2) is 38.0 Å². The topological polar surface area (TPSA) is 32.3 Å². The molecule has 13 heavy (non-hydrogen) atoms. The third-order valence-electron chi connectivity index (χ3n) is 2.18. The maximum absolute atomic E-state index is 11.5. The molecule has 0 bridgehead atoms. The lowest BCUT2D eigenvalue weighted by molar-refractivity contribution is -0.130. The summed E-state index contributed by atoms with van der Waals surface area (Å²) < 4.78 is 0. The predicted molar refractivity (Wildman–Crippen MR) is 55.7 cm³/mol. The van der Waals surface area contributed by atoms with Crippen LogP contribution < -0.4 is 5.32 Å². The van der Waals surface area contributed by atoms with E-state index in [-0.39, 0.29) is 11.9 Å². The first-order chi connectivity index (χ1) is 6.13. The summed E-state index contributed by atoms with van der Waals surface area (Å²) in [6.07, 6.45) is 4.48. The van der Waals surface area contributed by atoms with Crippen molar-refractivity contribution >= 4 is 5.91 Å². The van der Waals surface area contributed by atoms with Crippen LogP contribution in [0.5, 0.6) is 0 Å². The molecule has 1 atom stereocenters. The molecule has 78 valence electrons. The Morgan fingerprint density at radius 3 is 2.38 bits per heavy atom. The molecular weight excluding hydrogens is 164 g/mol. The molecule has 0 heterocycles. The summed E-state index contributed by atoms with van der Waals surface area (Å²) >= 11 is 0. The van der Waals surface area contributed by atoms with Gasteiger partial charge in [0.05, 0.1) is 6.04 Å². The van der Waals surface area contributed by atoms with Gasteiger partial charge in [-0.1, -0.05) is 26.2 Å². The Morgan fingerprint density at radius 1 is 1.38 bits per heavy atom. The van der Waals surface area contributed by atoms with Gasteiger partial charge in [0, 0.05) is 14.1 Å². The third kappa shape index (κ3) is 4.88. The Kier molecular flexibility index (Phi) is 6.59. The molecule has 0 aliphatic carbocycles. The lowest BCUT2D eigenvalue weighted by atomic mass is 10.1. The van der Waals surface area contributed by atoms with Gasteiger partial charge >= 0.3 is 0 Å². The lowest BCUT2D eigenvalue weighted by Crippen LogP contribution is -2.41. The molecule has 0 aliphatic rings. The van der Waals surface area contributed by atoms with Crippen LogP contribution in [0.3, 0.4) is 0 Å². The smallest absolute Gasteiger partial charge is 0.239 e. The van der Waals surface area contributed by atoms with Crippen LogP contribution >= 0.6 is 0 Å². The van der Waals surface area contributed by atoms with Crippen molar-refractivity contribution in [2.45, 2.75) is 38.6 Å². The van der Waals surface area contributed by atoms with Crippen LogP contribution in [0.25, 0.3) is 0 Å². The van der Waals surface area contributed by atoms with Gasteiger partial charge in [-0.25, -0.2) is 0 Å². The fourth-order valence-electron chi connectivity index (χ4n) is 1.30. The average molecular weight is 186 g/mol. The van der Waals surface area contributed by atoms with Crippen LogP contribution in [0.2, 0.25) is 0 Å². The van der Waals surface area contributed by atoms with Crippen molar-refractivity contribution in [2.75, 3.05) is 21.1 Å². The maximum atomic E-state index is 11.5. The molecule has 0 rings (SSSR count). The molecule has 1 amide bonds. The monoisotopic (exact) mass is 186 g/mol. The summed E-state index contributed by atoms with van der Waals surface area (Å²) in [7, 11) is 5.44. The average Bonchev–Trinajstić information content (AvgIpc) is 2.11. The molecule has 3 heteroatoms. The predicted octanol–water partition coefficient (Wildman–Crippen LogP) is 1.24. The summed E-state index contributed by atoms with van der Waals surface area (Å²) in [5.74, 6) is 0.179. The van der Waals surface area contributed by atoms with Crippen LogP contribution in [0, 0.1) is 0 Å².